The van der Waals surface area contributed by atoms with E-state index in [1.54, 1.807) is 11.3 Å². The van der Waals surface area contributed by atoms with Crippen molar-refractivity contribution in [1.82, 2.24) is 9.55 Å². The number of hydrogen-bond acceptors (Lipinski definition) is 3. The number of hydrogen-bond donors (Lipinski definition) is 1. The minimum absolute atomic E-state index is 0.0167. The van der Waals surface area contributed by atoms with E-state index in [4.69, 9.17) is 5.73 Å². The molecule has 0 aliphatic rings. The first-order chi connectivity index (χ1) is 8.75. The molecule has 5 heteroatoms. The van der Waals surface area contributed by atoms with Crippen LogP contribution in [0.25, 0.3) is 11.0 Å². The molecule has 0 bridgehead atoms. The highest BCUT2D eigenvalue weighted by molar-refractivity contribution is 9.10. The van der Waals surface area contributed by atoms with Crippen LogP contribution in [-0.2, 0) is 6.54 Å². The highest BCUT2D eigenvalue weighted by Gasteiger charge is 2.13. The summed E-state index contributed by atoms with van der Waals surface area (Å²) in [6.45, 7) is 0.736. The first kappa shape index (κ1) is 11.9. The lowest BCUT2D eigenvalue weighted by molar-refractivity contribution is 0.595. The standard InChI is InChI=1S/C13H12BrN3S/c14-9-5-6-18-13(9)10(15)7-17-8-16-11-3-1-2-4-12(11)17/h1-6,8,10H,7,15H2. The maximum Gasteiger partial charge on any atom is 0.0958 e. The number of aromatic nitrogens is 2. The molecule has 0 radical (unpaired) electrons. The van der Waals surface area contributed by atoms with Gasteiger partial charge in [0.2, 0.25) is 0 Å². The smallest absolute Gasteiger partial charge is 0.0958 e. The summed E-state index contributed by atoms with van der Waals surface area (Å²) >= 11 is 5.21. The average molecular weight is 322 g/mol. The van der Waals surface area contributed by atoms with Crippen LogP contribution in [0, 0.1) is 0 Å². The number of benzene rings is 1. The van der Waals surface area contributed by atoms with E-state index in [2.05, 4.69) is 31.5 Å². The van der Waals surface area contributed by atoms with Crippen molar-refractivity contribution in [2.45, 2.75) is 12.6 Å². The Kier molecular flexibility index (Phi) is 3.20. The molecule has 1 atom stereocenters. The van der Waals surface area contributed by atoms with Gasteiger partial charge in [-0.1, -0.05) is 12.1 Å². The molecule has 0 spiro atoms. The Labute approximate surface area is 117 Å². The van der Waals surface area contributed by atoms with Gasteiger partial charge in [0.1, 0.15) is 0 Å². The lowest BCUT2D eigenvalue weighted by Crippen LogP contribution is -2.16. The lowest BCUT2D eigenvalue weighted by Gasteiger charge is -2.12. The van der Waals surface area contributed by atoms with Gasteiger partial charge in [0.15, 0.2) is 0 Å². The summed E-state index contributed by atoms with van der Waals surface area (Å²) in [6.07, 6.45) is 1.85. The molecule has 0 saturated heterocycles. The molecule has 1 unspecified atom stereocenters. The Balaban J connectivity index is 1.91. The second kappa shape index (κ2) is 4.84. The van der Waals surface area contributed by atoms with E-state index < -0.39 is 0 Å². The van der Waals surface area contributed by atoms with Crippen molar-refractivity contribution < 1.29 is 0 Å². The Morgan fingerprint density at radius 1 is 1.33 bits per heavy atom. The second-order valence-corrected chi connectivity index (χ2v) is 5.93. The average Bonchev–Trinajstić information content (AvgIpc) is 2.97. The van der Waals surface area contributed by atoms with Gasteiger partial charge in [-0.05, 0) is 39.5 Å². The lowest BCUT2D eigenvalue weighted by atomic mass is 10.2. The van der Waals surface area contributed by atoms with Crippen LogP contribution < -0.4 is 5.73 Å². The number of nitrogens with two attached hydrogens (primary N) is 1. The van der Waals surface area contributed by atoms with E-state index in [1.807, 2.05) is 36.0 Å². The summed E-state index contributed by atoms with van der Waals surface area (Å²) in [7, 11) is 0. The molecule has 0 saturated carbocycles. The van der Waals surface area contributed by atoms with Crippen LogP contribution in [-0.4, -0.2) is 9.55 Å². The molecule has 92 valence electrons. The van der Waals surface area contributed by atoms with E-state index in [9.17, 15) is 0 Å². The van der Waals surface area contributed by atoms with Gasteiger partial charge in [0.05, 0.1) is 23.4 Å². The zero-order valence-corrected chi connectivity index (χ0v) is 12.0. The van der Waals surface area contributed by atoms with Gasteiger partial charge in [-0.3, -0.25) is 0 Å². The minimum Gasteiger partial charge on any atom is -0.329 e. The predicted octanol–water partition coefficient (Wildman–Crippen LogP) is 3.56. The van der Waals surface area contributed by atoms with Crippen molar-refractivity contribution in [2.24, 2.45) is 5.73 Å². The Morgan fingerprint density at radius 3 is 2.94 bits per heavy atom. The molecule has 0 aliphatic carbocycles. The molecule has 0 aliphatic heterocycles. The van der Waals surface area contributed by atoms with Gasteiger partial charge < -0.3 is 10.3 Å². The number of imidazole rings is 1. The fraction of sp³-hybridized carbons (Fsp3) is 0.154. The molecule has 3 rings (SSSR count). The topological polar surface area (TPSA) is 43.8 Å². The van der Waals surface area contributed by atoms with Crippen LogP contribution in [0.1, 0.15) is 10.9 Å². The third kappa shape index (κ3) is 2.09. The number of para-hydroxylation sites is 2. The highest BCUT2D eigenvalue weighted by Crippen LogP contribution is 2.29. The molecule has 2 aromatic heterocycles. The number of thiophene rings is 1. The predicted molar refractivity (Wildman–Crippen MR) is 78.7 cm³/mol. The van der Waals surface area contributed by atoms with Crippen LogP contribution in [0.4, 0.5) is 0 Å². The van der Waals surface area contributed by atoms with Crippen LogP contribution in [0.5, 0.6) is 0 Å². The van der Waals surface area contributed by atoms with Gasteiger partial charge in [0, 0.05) is 15.9 Å². The minimum atomic E-state index is -0.0167. The molecular weight excluding hydrogens is 310 g/mol. The Hall–Kier alpha value is -1.17. The van der Waals surface area contributed by atoms with Gasteiger partial charge in [0.25, 0.3) is 0 Å². The van der Waals surface area contributed by atoms with Crippen LogP contribution >= 0.6 is 27.3 Å². The summed E-state index contributed by atoms with van der Waals surface area (Å²) < 4.78 is 3.19. The van der Waals surface area contributed by atoms with Crippen LogP contribution in [0.3, 0.4) is 0 Å². The first-order valence-electron chi connectivity index (χ1n) is 5.64. The summed E-state index contributed by atoms with van der Waals surface area (Å²) in [5.74, 6) is 0. The molecule has 2 N–H and O–H groups in total. The van der Waals surface area contributed by atoms with Crippen molar-refractivity contribution >= 4 is 38.3 Å². The zero-order valence-electron chi connectivity index (χ0n) is 9.58. The number of fused-ring (bicyclic) bond motifs is 1. The van der Waals surface area contributed by atoms with Crippen molar-refractivity contribution in [3.8, 4) is 0 Å². The fourth-order valence-corrected chi connectivity index (χ4v) is 3.68. The molecule has 0 fully saturated rings. The zero-order chi connectivity index (χ0) is 12.5. The summed E-state index contributed by atoms with van der Waals surface area (Å²) in [4.78, 5) is 5.55. The van der Waals surface area contributed by atoms with E-state index in [0.717, 1.165) is 22.1 Å². The van der Waals surface area contributed by atoms with E-state index in [1.165, 1.54) is 4.88 Å². The van der Waals surface area contributed by atoms with Crippen LogP contribution in [0.2, 0.25) is 0 Å². The van der Waals surface area contributed by atoms with Gasteiger partial charge >= 0.3 is 0 Å². The van der Waals surface area contributed by atoms with Crippen molar-refractivity contribution in [3.63, 3.8) is 0 Å². The normalized spacial score (nSPS) is 13.0. The monoisotopic (exact) mass is 321 g/mol. The SMILES string of the molecule is NC(Cn1cnc2ccccc21)c1sccc1Br. The number of halogens is 1. The van der Waals surface area contributed by atoms with E-state index in [0.29, 0.717) is 0 Å². The van der Waals surface area contributed by atoms with Crippen LogP contribution in [0.15, 0.2) is 46.5 Å². The second-order valence-electron chi connectivity index (χ2n) is 4.12. The molecule has 3 aromatic rings. The summed E-state index contributed by atoms with van der Waals surface area (Å²) in [5, 5.41) is 2.05. The maximum absolute atomic E-state index is 6.25. The molecule has 2 heterocycles. The van der Waals surface area contributed by atoms with Crippen molar-refractivity contribution in [1.29, 1.82) is 0 Å². The molecular formula is C13H12BrN3S. The third-order valence-electron chi connectivity index (χ3n) is 2.90. The van der Waals surface area contributed by atoms with Gasteiger partial charge in [-0.15, -0.1) is 11.3 Å². The number of nitrogens with zero attached hydrogens (tertiary/aromatic N) is 2. The fourth-order valence-electron chi connectivity index (χ4n) is 2.02. The first-order valence-corrected chi connectivity index (χ1v) is 7.31. The molecule has 0 amide bonds. The van der Waals surface area contributed by atoms with Gasteiger partial charge in [-0.2, -0.15) is 0 Å². The molecule has 1 aromatic carbocycles. The largest absolute Gasteiger partial charge is 0.329 e. The van der Waals surface area contributed by atoms with Gasteiger partial charge in [-0.25, -0.2) is 4.98 Å². The molecule has 3 nitrogen and oxygen atoms in total. The quantitative estimate of drug-likeness (QED) is 0.801. The Bertz CT molecular complexity index is 673. The van der Waals surface area contributed by atoms with E-state index in [-0.39, 0.29) is 6.04 Å². The maximum atomic E-state index is 6.25. The summed E-state index contributed by atoms with van der Waals surface area (Å²) in [6, 6.07) is 10.1. The number of rotatable bonds is 3. The molecule has 18 heavy (non-hydrogen) atoms. The highest BCUT2D eigenvalue weighted by atomic mass is 79.9. The van der Waals surface area contributed by atoms with E-state index >= 15 is 0 Å². The third-order valence-corrected chi connectivity index (χ3v) is 4.91. The Morgan fingerprint density at radius 2 is 2.17 bits per heavy atom. The van der Waals surface area contributed by atoms with Crippen molar-refractivity contribution in [2.75, 3.05) is 0 Å². The summed E-state index contributed by atoms with van der Waals surface area (Å²) in [5.41, 5.74) is 8.39. The van der Waals surface area contributed by atoms with Crippen molar-refractivity contribution in [3.05, 3.63) is 51.4 Å².